The Bertz CT molecular complexity index is 630. The zero-order valence-corrected chi connectivity index (χ0v) is 13.4. The summed E-state index contributed by atoms with van der Waals surface area (Å²) in [6, 6.07) is 13.4. The molecule has 3 nitrogen and oxygen atoms in total. The summed E-state index contributed by atoms with van der Waals surface area (Å²) in [6.07, 6.45) is 2.61. The molecule has 0 unspecified atom stereocenters. The van der Waals surface area contributed by atoms with Gasteiger partial charge in [0.25, 0.3) is 0 Å². The zero-order valence-electron chi connectivity index (χ0n) is 13.4. The van der Waals surface area contributed by atoms with Crippen LogP contribution in [0.3, 0.4) is 0 Å². The third kappa shape index (κ3) is 4.35. The zero-order chi connectivity index (χ0) is 15.9. The SMILES string of the molecule is CCCOc1ccc(C=Nc2ccc(C(C)C)cc2)c(O)c1. The number of aromatic hydroxyl groups is 1. The average Bonchev–Trinajstić information content (AvgIpc) is 2.52. The third-order valence-electron chi connectivity index (χ3n) is 3.39. The van der Waals surface area contributed by atoms with Crippen molar-refractivity contribution in [3.05, 3.63) is 53.6 Å². The molecule has 0 aliphatic heterocycles. The van der Waals surface area contributed by atoms with Crippen molar-refractivity contribution < 1.29 is 9.84 Å². The van der Waals surface area contributed by atoms with Crippen LogP contribution in [0.2, 0.25) is 0 Å². The standard InChI is InChI=1S/C19H23NO2/c1-4-11-22-18-10-7-16(19(21)12-18)13-20-17-8-5-15(6-9-17)14(2)3/h5-10,12-14,21H,4,11H2,1-3H3. The summed E-state index contributed by atoms with van der Waals surface area (Å²) in [5.41, 5.74) is 2.84. The number of aliphatic imine (C=N–C) groups is 1. The summed E-state index contributed by atoms with van der Waals surface area (Å²) in [4.78, 5) is 4.40. The molecule has 2 aromatic rings. The van der Waals surface area contributed by atoms with Crippen LogP contribution in [0.25, 0.3) is 0 Å². The molecule has 0 aromatic heterocycles. The maximum Gasteiger partial charge on any atom is 0.128 e. The maximum absolute atomic E-state index is 10.0. The topological polar surface area (TPSA) is 41.8 Å². The molecule has 2 aromatic carbocycles. The Morgan fingerprint density at radius 1 is 1.14 bits per heavy atom. The molecule has 2 rings (SSSR count). The van der Waals surface area contributed by atoms with E-state index in [4.69, 9.17) is 4.74 Å². The first kappa shape index (κ1) is 16.1. The van der Waals surface area contributed by atoms with Crippen LogP contribution in [0, 0.1) is 0 Å². The molecular weight excluding hydrogens is 274 g/mol. The van der Waals surface area contributed by atoms with Gasteiger partial charge in [-0.05, 0) is 42.2 Å². The number of ether oxygens (including phenoxy) is 1. The minimum Gasteiger partial charge on any atom is -0.507 e. The molecule has 0 spiro atoms. The van der Waals surface area contributed by atoms with Crippen molar-refractivity contribution in [2.24, 2.45) is 4.99 Å². The molecule has 0 saturated heterocycles. The van der Waals surface area contributed by atoms with Gasteiger partial charge in [-0.2, -0.15) is 0 Å². The summed E-state index contributed by atoms with van der Waals surface area (Å²) >= 11 is 0. The number of hydrogen-bond donors (Lipinski definition) is 1. The van der Waals surface area contributed by atoms with E-state index in [2.05, 4.69) is 31.0 Å². The van der Waals surface area contributed by atoms with Gasteiger partial charge in [0.15, 0.2) is 0 Å². The summed E-state index contributed by atoms with van der Waals surface area (Å²) in [5, 5.41) is 10.0. The molecule has 22 heavy (non-hydrogen) atoms. The first-order valence-electron chi connectivity index (χ1n) is 7.70. The quantitative estimate of drug-likeness (QED) is 0.758. The van der Waals surface area contributed by atoms with Crippen molar-refractivity contribution in [3.63, 3.8) is 0 Å². The number of hydrogen-bond acceptors (Lipinski definition) is 3. The lowest BCUT2D eigenvalue weighted by Gasteiger charge is -2.06. The fraction of sp³-hybridized carbons (Fsp3) is 0.316. The van der Waals surface area contributed by atoms with Gasteiger partial charge in [0.05, 0.1) is 12.3 Å². The molecule has 0 saturated carbocycles. The smallest absolute Gasteiger partial charge is 0.128 e. The number of phenols is 1. The lowest BCUT2D eigenvalue weighted by atomic mass is 10.0. The van der Waals surface area contributed by atoms with Crippen LogP contribution < -0.4 is 4.74 Å². The predicted molar refractivity (Wildman–Crippen MR) is 91.7 cm³/mol. The maximum atomic E-state index is 10.0. The Balaban J connectivity index is 2.09. The molecule has 0 aliphatic rings. The molecule has 0 heterocycles. The van der Waals surface area contributed by atoms with Crippen molar-refractivity contribution in [1.29, 1.82) is 0 Å². The van der Waals surface area contributed by atoms with Crippen LogP contribution in [0.1, 0.15) is 44.2 Å². The normalized spacial score (nSPS) is 11.3. The van der Waals surface area contributed by atoms with Gasteiger partial charge in [-0.1, -0.05) is 32.9 Å². The fourth-order valence-corrected chi connectivity index (χ4v) is 2.03. The van der Waals surface area contributed by atoms with E-state index in [1.807, 2.05) is 31.2 Å². The van der Waals surface area contributed by atoms with Crippen molar-refractivity contribution in [3.8, 4) is 11.5 Å². The molecule has 1 N–H and O–H groups in total. The average molecular weight is 297 g/mol. The van der Waals surface area contributed by atoms with E-state index in [1.165, 1.54) is 5.56 Å². The van der Waals surface area contributed by atoms with Crippen LogP contribution in [0.15, 0.2) is 47.5 Å². The number of rotatable bonds is 6. The summed E-state index contributed by atoms with van der Waals surface area (Å²) in [6.45, 7) is 7.03. The summed E-state index contributed by atoms with van der Waals surface area (Å²) < 4.78 is 5.48. The van der Waals surface area contributed by atoms with Crippen molar-refractivity contribution >= 4 is 11.9 Å². The largest absolute Gasteiger partial charge is 0.507 e. The number of phenolic OH excluding ortho intramolecular Hbond substituents is 1. The monoisotopic (exact) mass is 297 g/mol. The van der Waals surface area contributed by atoms with E-state index in [0.29, 0.717) is 23.8 Å². The van der Waals surface area contributed by atoms with Crippen LogP contribution in [-0.4, -0.2) is 17.9 Å². The Morgan fingerprint density at radius 3 is 2.45 bits per heavy atom. The molecule has 0 radical (unpaired) electrons. The van der Waals surface area contributed by atoms with Crippen molar-refractivity contribution in [2.45, 2.75) is 33.1 Å². The van der Waals surface area contributed by atoms with Gasteiger partial charge in [0, 0.05) is 17.8 Å². The van der Waals surface area contributed by atoms with Gasteiger partial charge >= 0.3 is 0 Å². The van der Waals surface area contributed by atoms with Crippen molar-refractivity contribution in [1.82, 2.24) is 0 Å². The number of nitrogens with zero attached hydrogens (tertiary/aromatic N) is 1. The van der Waals surface area contributed by atoms with Crippen molar-refractivity contribution in [2.75, 3.05) is 6.61 Å². The Kier molecular flexibility index (Phi) is 5.59. The number of benzene rings is 2. The van der Waals surface area contributed by atoms with E-state index in [1.54, 1.807) is 12.3 Å². The second kappa shape index (κ2) is 7.64. The first-order valence-corrected chi connectivity index (χ1v) is 7.70. The molecule has 3 heteroatoms. The van der Waals surface area contributed by atoms with E-state index < -0.39 is 0 Å². The summed E-state index contributed by atoms with van der Waals surface area (Å²) in [7, 11) is 0. The minimum absolute atomic E-state index is 0.177. The summed E-state index contributed by atoms with van der Waals surface area (Å²) in [5.74, 6) is 1.37. The van der Waals surface area contributed by atoms with Crippen LogP contribution >= 0.6 is 0 Å². The van der Waals surface area contributed by atoms with E-state index in [0.717, 1.165) is 12.1 Å². The molecule has 0 amide bonds. The van der Waals surface area contributed by atoms with Crippen LogP contribution in [0.5, 0.6) is 11.5 Å². The second-order valence-electron chi connectivity index (χ2n) is 5.57. The third-order valence-corrected chi connectivity index (χ3v) is 3.39. The van der Waals surface area contributed by atoms with Gasteiger partial charge in [-0.15, -0.1) is 0 Å². The molecule has 0 aliphatic carbocycles. The highest BCUT2D eigenvalue weighted by atomic mass is 16.5. The predicted octanol–water partition coefficient (Wildman–Crippen LogP) is 5.06. The Labute approximate surface area is 132 Å². The molecule has 116 valence electrons. The Hall–Kier alpha value is -2.29. The van der Waals surface area contributed by atoms with Gasteiger partial charge in [0.1, 0.15) is 11.5 Å². The second-order valence-corrected chi connectivity index (χ2v) is 5.57. The molecule has 0 atom stereocenters. The van der Waals surface area contributed by atoms with Gasteiger partial charge < -0.3 is 9.84 Å². The highest BCUT2D eigenvalue weighted by Gasteiger charge is 2.02. The van der Waals surface area contributed by atoms with E-state index in [-0.39, 0.29) is 5.75 Å². The molecular formula is C19H23NO2. The van der Waals surface area contributed by atoms with Gasteiger partial charge in [0.2, 0.25) is 0 Å². The highest BCUT2D eigenvalue weighted by molar-refractivity contribution is 5.85. The van der Waals surface area contributed by atoms with Gasteiger partial charge in [-0.3, -0.25) is 4.99 Å². The molecule has 0 bridgehead atoms. The van der Waals surface area contributed by atoms with Crippen LogP contribution in [-0.2, 0) is 0 Å². The fourth-order valence-electron chi connectivity index (χ4n) is 2.03. The minimum atomic E-state index is 0.177. The lowest BCUT2D eigenvalue weighted by molar-refractivity contribution is 0.315. The Morgan fingerprint density at radius 2 is 1.86 bits per heavy atom. The van der Waals surface area contributed by atoms with Gasteiger partial charge in [-0.25, -0.2) is 0 Å². The first-order chi connectivity index (χ1) is 10.6. The lowest BCUT2D eigenvalue weighted by Crippen LogP contribution is -1.95. The highest BCUT2D eigenvalue weighted by Crippen LogP contribution is 2.24. The van der Waals surface area contributed by atoms with E-state index >= 15 is 0 Å². The van der Waals surface area contributed by atoms with Crippen LogP contribution in [0.4, 0.5) is 5.69 Å². The molecule has 0 fully saturated rings. The van der Waals surface area contributed by atoms with E-state index in [9.17, 15) is 5.11 Å².